The molecule has 3 nitrogen and oxygen atoms in total. The van der Waals surface area contributed by atoms with Gasteiger partial charge in [0.25, 0.3) is 0 Å². The standard InChI is InChI=1S/C12H15ClFNO2/c1-12(2)16-6-9(7-17-12)15-11-4-3-8(13)5-10(11)14/h3-5,9,15H,6-7H2,1-2H3. The van der Waals surface area contributed by atoms with E-state index in [9.17, 15) is 4.39 Å². The Morgan fingerprint density at radius 2 is 2.00 bits per heavy atom. The van der Waals surface area contributed by atoms with Crippen LogP contribution in [0.5, 0.6) is 0 Å². The molecule has 0 aliphatic carbocycles. The molecule has 1 aromatic rings. The summed E-state index contributed by atoms with van der Waals surface area (Å²) >= 11 is 5.68. The summed E-state index contributed by atoms with van der Waals surface area (Å²) < 4.78 is 24.5. The molecule has 0 amide bonds. The second-order valence-corrected chi connectivity index (χ2v) is 4.92. The second kappa shape index (κ2) is 4.80. The Kier molecular flexibility index (Phi) is 3.56. The van der Waals surface area contributed by atoms with Crippen LogP contribution in [-0.4, -0.2) is 25.0 Å². The van der Waals surface area contributed by atoms with E-state index in [0.717, 1.165) is 0 Å². The van der Waals surface area contributed by atoms with E-state index in [1.54, 1.807) is 12.1 Å². The Bertz CT molecular complexity index is 401. The van der Waals surface area contributed by atoms with Gasteiger partial charge in [-0.15, -0.1) is 0 Å². The third-order valence-corrected chi connectivity index (χ3v) is 2.79. The van der Waals surface area contributed by atoms with E-state index in [4.69, 9.17) is 21.1 Å². The molecule has 1 aliphatic heterocycles. The maximum atomic E-state index is 13.5. The van der Waals surface area contributed by atoms with Gasteiger partial charge in [0.2, 0.25) is 0 Å². The first kappa shape index (κ1) is 12.6. The molecular weight excluding hydrogens is 245 g/mol. The lowest BCUT2D eigenvalue weighted by Gasteiger charge is -2.35. The molecule has 0 unspecified atom stereocenters. The van der Waals surface area contributed by atoms with Crippen LogP contribution >= 0.6 is 11.6 Å². The van der Waals surface area contributed by atoms with Crippen LogP contribution in [0.15, 0.2) is 18.2 Å². The normalized spacial score (nSPS) is 20.2. The molecule has 1 fully saturated rings. The van der Waals surface area contributed by atoms with Gasteiger partial charge in [-0.2, -0.15) is 0 Å². The number of nitrogens with one attached hydrogen (secondary N) is 1. The van der Waals surface area contributed by atoms with Gasteiger partial charge in [-0.25, -0.2) is 4.39 Å². The molecule has 1 aliphatic rings. The van der Waals surface area contributed by atoms with Crippen LogP contribution in [0.4, 0.5) is 10.1 Å². The Hall–Kier alpha value is -0.840. The van der Waals surface area contributed by atoms with Gasteiger partial charge in [0.1, 0.15) is 5.82 Å². The zero-order chi connectivity index (χ0) is 12.5. The van der Waals surface area contributed by atoms with Crippen LogP contribution in [0.2, 0.25) is 5.02 Å². The molecule has 0 radical (unpaired) electrons. The number of benzene rings is 1. The van der Waals surface area contributed by atoms with E-state index in [2.05, 4.69) is 5.32 Å². The van der Waals surface area contributed by atoms with Gasteiger partial charge in [0, 0.05) is 5.02 Å². The Morgan fingerprint density at radius 3 is 2.59 bits per heavy atom. The first-order chi connectivity index (χ1) is 7.96. The van der Waals surface area contributed by atoms with Crippen LogP contribution < -0.4 is 5.32 Å². The predicted molar refractivity (Wildman–Crippen MR) is 64.8 cm³/mol. The molecule has 2 rings (SSSR count). The molecule has 0 bridgehead atoms. The van der Waals surface area contributed by atoms with Crippen molar-refractivity contribution in [3.8, 4) is 0 Å². The monoisotopic (exact) mass is 259 g/mol. The van der Waals surface area contributed by atoms with E-state index in [0.29, 0.717) is 23.9 Å². The number of rotatable bonds is 2. The summed E-state index contributed by atoms with van der Waals surface area (Å²) in [6, 6.07) is 4.47. The summed E-state index contributed by atoms with van der Waals surface area (Å²) in [5.41, 5.74) is 0.409. The number of hydrogen-bond donors (Lipinski definition) is 1. The van der Waals surface area contributed by atoms with Gasteiger partial charge in [0.05, 0.1) is 24.9 Å². The largest absolute Gasteiger partial charge is 0.375 e. The fourth-order valence-electron chi connectivity index (χ4n) is 1.60. The van der Waals surface area contributed by atoms with Crippen LogP contribution in [-0.2, 0) is 9.47 Å². The highest BCUT2D eigenvalue weighted by Crippen LogP contribution is 2.22. The number of hydrogen-bond acceptors (Lipinski definition) is 3. The van der Waals surface area contributed by atoms with E-state index >= 15 is 0 Å². The minimum Gasteiger partial charge on any atom is -0.375 e. The Balaban J connectivity index is 1.98. The average molecular weight is 260 g/mol. The first-order valence-corrected chi connectivity index (χ1v) is 5.83. The quantitative estimate of drug-likeness (QED) is 0.886. The van der Waals surface area contributed by atoms with Gasteiger partial charge < -0.3 is 14.8 Å². The lowest BCUT2D eigenvalue weighted by molar-refractivity contribution is -0.247. The van der Waals surface area contributed by atoms with Crippen molar-refractivity contribution in [2.75, 3.05) is 18.5 Å². The summed E-state index contributed by atoms with van der Waals surface area (Å²) in [6.07, 6.45) is 0. The fraction of sp³-hybridized carbons (Fsp3) is 0.500. The summed E-state index contributed by atoms with van der Waals surface area (Å²) in [6.45, 7) is 4.67. The molecule has 1 N–H and O–H groups in total. The summed E-state index contributed by atoms with van der Waals surface area (Å²) in [7, 11) is 0. The van der Waals surface area contributed by atoms with Crippen molar-refractivity contribution in [1.82, 2.24) is 0 Å². The van der Waals surface area contributed by atoms with Crippen molar-refractivity contribution in [3.05, 3.63) is 29.0 Å². The van der Waals surface area contributed by atoms with E-state index in [1.807, 2.05) is 13.8 Å². The van der Waals surface area contributed by atoms with Gasteiger partial charge in [-0.05, 0) is 32.0 Å². The van der Waals surface area contributed by atoms with Gasteiger partial charge in [-0.3, -0.25) is 0 Å². The fourth-order valence-corrected chi connectivity index (χ4v) is 1.76. The zero-order valence-corrected chi connectivity index (χ0v) is 10.6. The minimum absolute atomic E-state index is 0.0568. The molecule has 0 aromatic heterocycles. The van der Waals surface area contributed by atoms with Crippen LogP contribution in [0.1, 0.15) is 13.8 Å². The molecule has 5 heteroatoms. The second-order valence-electron chi connectivity index (χ2n) is 4.49. The summed E-state index contributed by atoms with van der Waals surface area (Å²) in [4.78, 5) is 0. The molecule has 0 atom stereocenters. The molecule has 1 saturated heterocycles. The van der Waals surface area contributed by atoms with Crippen molar-refractivity contribution < 1.29 is 13.9 Å². The van der Waals surface area contributed by atoms with Crippen molar-refractivity contribution >= 4 is 17.3 Å². The highest BCUT2D eigenvalue weighted by molar-refractivity contribution is 6.30. The van der Waals surface area contributed by atoms with Gasteiger partial charge in [0.15, 0.2) is 5.79 Å². The maximum Gasteiger partial charge on any atom is 0.162 e. The average Bonchev–Trinajstić information content (AvgIpc) is 2.25. The maximum absolute atomic E-state index is 13.5. The van der Waals surface area contributed by atoms with Crippen molar-refractivity contribution in [1.29, 1.82) is 0 Å². The van der Waals surface area contributed by atoms with Crippen LogP contribution in [0, 0.1) is 5.82 Å². The Morgan fingerprint density at radius 1 is 1.35 bits per heavy atom. The molecule has 0 saturated carbocycles. The Labute approximate surface area is 105 Å². The molecule has 0 spiro atoms. The van der Waals surface area contributed by atoms with Gasteiger partial charge in [-0.1, -0.05) is 11.6 Å². The molecule has 1 aromatic carbocycles. The highest BCUT2D eigenvalue weighted by Gasteiger charge is 2.28. The van der Waals surface area contributed by atoms with Crippen molar-refractivity contribution in [2.45, 2.75) is 25.7 Å². The van der Waals surface area contributed by atoms with Crippen molar-refractivity contribution in [2.24, 2.45) is 0 Å². The third-order valence-electron chi connectivity index (χ3n) is 2.55. The van der Waals surface area contributed by atoms with E-state index in [-0.39, 0.29) is 11.9 Å². The predicted octanol–water partition coefficient (Wildman–Crippen LogP) is 3.04. The zero-order valence-electron chi connectivity index (χ0n) is 9.80. The SMILES string of the molecule is CC1(C)OCC(Nc2ccc(Cl)cc2F)CO1. The van der Waals surface area contributed by atoms with Crippen molar-refractivity contribution in [3.63, 3.8) is 0 Å². The summed E-state index contributed by atoms with van der Waals surface area (Å²) in [5.74, 6) is -0.932. The highest BCUT2D eigenvalue weighted by atomic mass is 35.5. The summed E-state index contributed by atoms with van der Waals surface area (Å²) in [5, 5.41) is 3.41. The lowest BCUT2D eigenvalue weighted by Crippen LogP contribution is -2.45. The van der Waals surface area contributed by atoms with Gasteiger partial charge >= 0.3 is 0 Å². The minimum atomic E-state index is -0.559. The number of ether oxygens (including phenoxy) is 2. The third kappa shape index (κ3) is 3.31. The smallest absolute Gasteiger partial charge is 0.162 e. The van der Waals surface area contributed by atoms with E-state index in [1.165, 1.54) is 6.07 Å². The van der Waals surface area contributed by atoms with Crippen LogP contribution in [0.25, 0.3) is 0 Å². The molecule has 94 valence electrons. The molecule has 17 heavy (non-hydrogen) atoms. The molecular formula is C12H15ClFNO2. The topological polar surface area (TPSA) is 30.5 Å². The lowest BCUT2D eigenvalue weighted by atomic mass is 10.2. The van der Waals surface area contributed by atoms with Crippen LogP contribution in [0.3, 0.4) is 0 Å². The number of halogens is 2. The molecule has 1 heterocycles. The number of anilines is 1. The van der Waals surface area contributed by atoms with E-state index < -0.39 is 5.79 Å². The first-order valence-electron chi connectivity index (χ1n) is 5.46.